The molecule has 0 saturated heterocycles. The number of thioether (sulfide) groups is 1. The first-order valence-corrected chi connectivity index (χ1v) is 10.2. The number of rotatable bonds is 7. The third kappa shape index (κ3) is 5.20. The van der Waals surface area contributed by atoms with Gasteiger partial charge in [0.25, 0.3) is 5.91 Å². The maximum absolute atomic E-state index is 12.3. The first-order valence-electron chi connectivity index (χ1n) is 8.43. The van der Waals surface area contributed by atoms with Crippen LogP contribution in [0.5, 0.6) is 0 Å². The van der Waals surface area contributed by atoms with Gasteiger partial charge in [0.1, 0.15) is 0 Å². The minimum absolute atomic E-state index is 0.122. The molecule has 0 bridgehead atoms. The van der Waals surface area contributed by atoms with Gasteiger partial charge >= 0.3 is 0 Å². The van der Waals surface area contributed by atoms with E-state index in [9.17, 15) is 9.59 Å². The maximum Gasteiger partial charge on any atom is 0.252 e. The van der Waals surface area contributed by atoms with Gasteiger partial charge in [-0.05, 0) is 40.2 Å². The van der Waals surface area contributed by atoms with E-state index in [0.717, 1.165) is 10.2 Å². The van der Waals surface area contributed by atoms with E-state index in [1.165, 1.54) is 11.8 Å². The highest BCUT2D eigenvalue weighted by Gasteiger charge is 2.14. The molecule has 0 aliphatic heterocycles. The van der Waals surface area contributed by atoms with E-state index in [-0.39, 0.29) is 24.1 Å². The number of aromatic nitrogens is 3. The molecule has 3 aromatic rings. The van der Waals surface area contributed by atoms with Crippen LogP contribution in [0.1, 0.15) is 16.2 Å². The Morgan fingerprint density at radius 1 is 1.07 bits per heavy atom. The molecule has 0 aliphatic carbocycles. The van der Waals surface area contributed by atoms with Crippen LogP contribution < -0.4 is 10.6 Å². The third-order valence-corrected chi connectivity index (χ3v) is 5.55. The summed E-state index contributed by atoms with van der Waals surface area (Å²) in [5, 5.41) is 14.5. The lowest BCUT2D eigenvalue weighted by Gasteiger charge is -2.07. The molecule has 28 heavy (non-hydrogen) atoms. The molecule has 1 heterocycles. The predicted octanol–water partition coefficient (Wildman–Crippen LogP) is 3.24. The van der Waals surface area contributed by atoms with Gasteiger partial charge in [-0.2, -0.15) is 0 Å². The summed E-state index contributed by atoms with van der Waals surface area (Å²) in [6.07, 6.45) is 0. The second-order valence-electron chi connectivity index (χ2n) is 5.82. The Morgan fingerprint density at radius 2 is 1.79 bits per heavy atom. The average molecular weight is 460 g/mol. The molecule has 9 heteroatoms. The van der Waals surface area contributed by atoms with Gasteiger partial charge in [-0.3, -0.25) is 9.59 Å². The van der Waals surface area contributed by atoms with Crippen molar-refractivity contribution >= 4 is 45.2 Å². The molecule has 0 aliphatic rings. The molecule has 0 spiro atoms. The Hall–Kier alpha value is -2.65. The van der Waals surface area contributed by atoms with Crippen molar-refractivity contribution in [3.63, 3.8) is 0 Å². The number of para-hydroxylation sites is 1. The minimum atomic E-state index is -0.202. The van der Waals surface area contributed by atoms with Gasteiger partial charge in [0.15, 0.2) is 11.0 Å². The molecular weight excluding hydrogens is 442 g/mol. The van der Waals surface area contributed by atoms with Crippen molar-refractivity contribution < 1.29 is 9.59 Å². The van der Waals surface area contributed by atoms with Gasteiger partial charge in [0, 0.05) is 17.2 Å². The Morgan fingerprint density at radius 3 is 2.54 bits per heavy atom. The monoisotopic (exact) mass is 459 g/mol. The van der Waals surface area contributed by atoms with E-state index in [1.807, 2.05) is 42.5 Å². The number of benzene rings is 2. The first kappa shape index (κ1) is 20.1. The van der Waals surface area contributed by atoms with Crippen LogP contribution in [0.25, 0.3) is 0 Å². The summed E-state index contributed by atoms with van der Waals surface area (Å²) in [5.41, 5.74) is 1.30. The smallest absolute Gasteiger partial charge is 0.252 e. The summed E-state index contributed by atoms with van der Waals surface area (Å²) in [7, 11) is 1.80. The van der Waals surface area contributed by atoms with Crippen molar-refractivity contribution in [1.29, 1.82) is 0 Å². The maximum atomic E-state index is 12.3. The van der Waals surface area contributed by atoms with Gasteiger partial charge < -0.3 is 15.2 Å². The normalized spacial score (nSPS) is 10.5. The van der Waals surface area contributed by atoms with Gasteiger partial charge in [-0.1, -0.05) is 42.1 Å². The quantitative estimate of drug-likeness (QED) is 0.529. The largest absolute Gasteiger partial charge is 0.345 e. The molecule has 0 fully saturated rings. The van der Waals surface area contributed by atoms with Crippen LogP contribution in [0.15, 0.2) is 64.2 Å². The highest BCUT2D eigenvalue weighted by Crippen LogP contribution is 2.18. The van der Waals surface area contributed by atoms with Gasteiger partial charge in [-0.25, -0.2) is 0 Å². The summed E-state index contributed by atoms with van der Waals surface area (Å²) in [4.78, 5) is 24.3. The molecule has 1 aromatic heterocycles. The lowest BCUT2D eigenvalue weighted by Crippen LogP contribution is -2.24. The van der Waals surface area contributed by atoms with E-state index in [0.29, 0.717) is 16.5 Å². The van der Waals surface area contributed by atoms with Crippen LogP contribution in [-0.4, -0.2) is 32.3 Å². The van der Waals surface area contributed by atoms with Crippen molar-refractivity contribution in [3.05, 3.63) is 70.5 Å². The number of carbonyl (C=O) groups excluding carboxylic acids is 2. The van der Waals surface area contributed by atoms with Gasteiger partial charge in [-0.15, -0.1) is 10.2 Å². The van der Waals surface area contributed by atoms with E-state index >= 15 is 0 Å². The number of hydrogen-bond donors (Lipinski definition) is 2. The fourth-order valence-electron chi connectivity index (χ4n) is 2.37. The van der Waals surface area contributed by atoms with Crippen molar-refractivity contribution in [3.8, 4) is 0 Å². The summed E-state index contributed by atoms with van der Waals surface area (Å²) in [5.74, 6) is 0.491. The summed E-state index contributed by atoms with van der Waals surface area (Å²) in [6, 6.07) is 16.5. The average Bonchev–Trinajstić information content (AvgIpc) is 3.05. The molecule has 0 unspecified atom stereocenters. The number of hydrogen-bond acceptors (Lipinski definition) is 5. The zero-order valence-corrected chi connectivity index (χ0v) is 17.5. The summed E-state index contributed by atoms with van der Waals surface area (Å²) >= 11 is 4.65. The molecule has 2 N–H and O–H groups in total. The molecular formula is C19H18BrN5O2S. The fourth-order valence-corrected chi connectivity index (χ4v) is 3.57. The number of carbonyl (C=O) groups is 2. The molecule has 7 nitrogen and oxygen atoms in total. The highest BCUT2D eigenvalue weighted by molar-refractivity contribution is 9.10. The second-order valence-corrected chi connectivity index (χ2v) is 7.62. The fraction of sp³-hybridized carbons (Fsp3) is 0.158. The van der Waals surface area contributed by atoms with Crippen molar-refractivity contribution in [2.45, 2.75) is 11.7 Å². The SMILES string of the molecule is Cn1c(CNC(=O)c2ccccc2Br)nnc1SCC(=O)Nc1ccccc1. The van der Waals surface area contributed by atoms with Crippen molar-refractivity contribution in [2.24, 2.45) is 7.05 Å². The topological polar surface area (TPSA) is 88.9 Å². The van der Waals surface area contributed by atoms with Crippen molar-refractivity contribution in [2.75, 3.05) is 11.1 Å². The number of anilines is 1. The highest BCUT2D eigenvalue weighted by atomic mass is 79.9. The molecule has 2 amide bonds. The molecule has 0 saturated carbocycles. The number of nitrogens with zero attached hydrogens (tertiary/aromatic N) is 3. The summed E-state index contributed by atoms with van der Waals surface area (Å²) in [6.45, 7) is 0.237. The zero-order valence-electron chi connectivity index (χ0n) is 15.1. The van der Waals surface area contributed by atoms with Crippen LogP contribution >= 0.6 is 27.7 Å². The molecule has 144 valence electrons. The first-order chi connectivity index (χ1) is 13.5. The lowest BCUT2D eigenvalue weighted by atomic mass is 10.2. The Kier molecular flexibility index (Phi) is 6.83. The lowest BCUT2D eigenvalue weighted by molar-refractivity contribution is -0.113. The standard InChI is InChI=1S/C19H18BrN5O2S/c1-25-16(11-21-18(27)14-9-5-6-10-15(14)20)23-24-19(25)28-12-17(26)22-13-7-3-2-4-8-13/h2-10H,11-12H2,1H3,(H,21,27)(H,22,26). The third-order valence-electron chi connectivity index (χ3n) is 3.84. The Bertz CT molecular complexity index is 977. The molecule has 3 rings (SSSR count). The van der Waals surface area contributed by atoms with Crippen molar-refractivity contribution in [1.82, 2.24) is 20.1 Å². The Balaban J connectivity index is 1.53. The van der Waals surface area contributed by atoms with Crippen LogP contribution in [0.2, 0.25) is 0 Å². The van der Waals surface area contributed by atoms with Crippen LogP contribution in [0, 0.1) is 0 Å². The van der Waals surface area contributed by atoms with E-state index < -0.39 is 0 Å². The van der Waals surface area contributed by atoms with E-state index in [4.69, 9.17) is 0 Å². The van der Waals surface area contributed by atoms with Gasteiger partial charge in [0.05, 0.1) is 17.9 Å². The minimum Gasteiger partial charge on any atom is -0.345 e. The number of amides is 2. The van der Waals surface area contributed by atoms with E-state index in [2.05, 4.69) is 36.8 Å². The van der Waals surface area contributed by atoms with Crippen LogP contribution in [0.3, 0.4) is 0 Å². The number of halogens is 1. The zero-order chi connectivity index (χ0) is 19.9. The van der Waals surface area contributed by atoms with Crippen LogP contribution in [0.4, 0.5) is 5.69 Å². The van der Waals surface area contributed by atoms with Gasteiger partial charge in [0.2, 0.25) is 5.91 Å². The predicted molar refractivity (Wildman–Crippen MR) is 112 cm³/mol. The number of nitrogens with one attached hydrogen (secondary N) is 2. The summed E-state index contributed by atoms with van der Waals surface area (Å²) < 4.78 is 2.49. The molecule has 2 aromatic carbocycles. The Labute approximate surface area is 175 Å². The van der Waals surface area contributed by atoms with Crippen LogP contribution in [-0.2, 0) is 18.4 Å². The molecule has 0 atom stereocenters. The van der Waals surface area contributed by atoms with E-state index in [1.54, 1.807) is 23.7 Å². The molecule has 0 radical (unpaired) electrons. The second kappa shape index (κ2) is 9.52.